The molecule has 4 heteroatoms. The van der Waals surface area contributed by atoms with Crippen molar-refractivity contribution in [3.05, 3.63) is 42.4 Å². The zero-order valence-corrected chi connectivity index (χ0v) is 8.67. The molecule has 0 aliphatic rings. The van der Waals surface area contributed by atoms with E-state index in [9.17, 15) is 0 Å². The Hall–Kier alpha value is -1.84. The van der Waals surface area contributed by atoms with Crippen LogP contribution in [0.4, 0.5) is 5.82 Å². The van der Waals surface area contributed by atoms with Crippen molar-refractivity contribution in [2.45, 2.75) is 19.4 Å². The van der Waals surface area contributed by atoms with Gasteiger partial charge in [0, 0.05) is 30.6 Å². The van der Waals surface area contributed by atoms with Crippen LogP contribution in [-0.2, 0) is 6.54 Å². The summed E-state index contributed by atoms with van der Waals surface area (Å²) in [7, 11) is 0. The predicted molar refractivity (Wildman–Crippen MR) is 59.3 cm³/mol. The molecule has 0 aliphatic heterocycles. The zero-order chi connectivity index (χ0) is 10.7. The molecule has 2 aromatic rings. The second-order valence-electron chi connectivity index (χ2n) is 3.62. The Labute approximate surface area is 88.8 Å². The van der Waals surface area contributed by atoms with Gasteiger partial charge < -0.3 is 5.73 Å². The van der Waals surface area contributed by atoms with Crippen molar-refractivity contribution in [3.63, 3.8) is 0 Å². The molecule has 1 unspecified atom stereocenters. The maximum absolute atomic E-state index is 5.55. The standard InChI is InChI=1S/C11H14N4/c1-9(10-4-2-3-6-13-10)8-15-7-5-11(12)14-15/h2-7,9H,8H2,1H3,(H2,12,14). The maximum Gasteiger partial charge on any atom is 0.145 e. The summed E-state index contributed by atoms with van der Waals surface area (Å²) in [6.45, 7) is 2.93. The molecular weight excluding hydrogens is 188 g/mol. The van der Waals surface area contributed by atoms with Gasteiger partial charge in [-0.2, -0.15) is 5.10 Å². The van der Waals surface area contributed by atoms with E-state index >= 15 is 0 Å². The Morgan fingerprint density at radius 3 is 2.87 bits per heavy atom. The van der Waals surface area contributed by atoms with Gasteiger partial charge in [0.1, 0.15) is 5.82 Å². The predicted octanol–water partition coefficient (Wildman–Crippen LogP) is 1.66. The Morgan fingerprint density at radius 2 is 2.27 bits per heavy atom. The normalized spacial score (nSPS) is 12.6. The zero-order valence-electron chi connectivity index (χ0n) is 8.67. The maximum atomic E-state index is 5.55. The second kappa shape index (κ2) is 4.13. The lowest BCUT2D eigenvalue weighted by Crippen LogP contribution is -2.08. The number of aromatic nitrogens is 3. The smallest absolute Gasteiger partial charge is 0.145 e. The van der Waals surface area contributed by atoms with Gasteiger partial charge in [0.2, 0.25) is 0 Å². The lowest BCUT2D eigenvalue weighted by atomic mass is 10.1. The fraction of sp³-hybridized carbons (Fsp3) is 0.273. The third kappa shape index (κ3) is 2.34. The molecule has 2 heterocycles. The molecule has 0 saturated carbocycles. The number of pyridine rings is 1. The van der Waals surface area contributed by atoms with E-state index in [1.807, 2.05) is 35.3 Å². The Morgan fingerprint density at radius 1 is 1.40 bits per heavy atom. The summed E-state index contributed by atoms with van der Waals surface area (Å²) in [5.41, 5.74) is 6.62. The number of nitrogens with zero attached hydrogens (tertiary/aromatic N) is 3. The first-order valence-electron chi connectivity index (χ1n) is 4.95. The molecule has 78 valence electrons. The van der Waals surface area contributed by atoms with Crippen LogP contribution in [0.2, 0.25) is 0 Å². The van der Waals surface area contributed by atoms with Crippen LogP contribution in [0.5, 0.6) is 0 Å². The van der Waals surface area contributed by atoms with Gasteiger partial charge in [0.15, 0.2) is 0 Å². The molecule has 0 saturated heterocycles. The van der Waals surface area contributed by atoms with Crippen LogP contribution in [0.15, 0.2) is 36.7 Å². The summed E-state index contributed by atoms with van der Waals surface area (Å²) in [6.07, 6.45) is 3.69. The van der Waals surface area contributed by atoms with Gasteiger partial charge in [-0.05, 0) is 18.2 Å². The number of anilines is 1. The fourth-order valence-corrected chi connectivity index (χ4v) is 1.52. The van der Waals surface area contributed by atoms with E-state index in [-0.39, 0.29) is 0 Å². The molecule has 2 rings (SSSR count). The van der Waals surface area contributed by atoms with Crippen molar-refractivity contribution >= 4 is 5.82 Å². The van der Waals surface area contributed by atoms with Gasteiger partial charge in [0.05, 0.1) is 0 Å². The van der Waals surface area contributed by atoms with Gasteiger partial charge in [0.25, 0.3) is 0 Å². The molecule has 4 nitrogen and oxygen atoms in total. The highest BCUT2D eigenvalue weighted by Crippen LogP contribution is 2.14. The second-order valence-corrected chi connectivity index (χ2v) is 3.62. The summed E-state index contributed by atoms with van der Waals surface area (Å²) in [6, 6.07) is 7.74. The molecule has 0 aliphatic carbocycles. The van der Waals surface area contributed by atoms with E-state index in [2.05, 4.69) is 17.0 Å². The van der Waals surface area contributed by atoms with Crippen molar-refractivity contribution in [3.8, 4) is 0 Å². The van der Waals surface area contributed by atoms with Crippen LogP contribution in [0.25, 0.3) is 0 Å². The molecule has 0 fully saturated rings. The number of hydrogen-bond acceptors (Lipinski definition) is 3. The summed E-state index contributed by atoms with van der Waals surface area (Å²) in [5.74, 6) is 0.897. The average Bonchev–Trinajstić information content (AvgIpc) is 2.65. The first-order chi connectivity index (χ1) is 7.25. The summed E-state index contributed by atoms with van der Waals surface area (Å²) in [4.78, 5) is 4.31. The molecule has 0 amide bonds. The number of rotatable bonds is 3. The van der Waals surface area contributed by atoms with Gasteiger partial charge in [-0.1, -0.05) is 13.0 Å². The van der Waals surface area contributed by atoms with Crippen LogP contribution in [-0.4, -0.2) is 14.8 Å². The van der Waals surface area contributed by atoms with Crippen LogP contribution >= 0.6 is 0 Å². The van der Waals surface area contributed by atoms with Gasteiger partial charge in [-0.25, -0.2) is 0 Å². The average molecular weight is 202 g/mol. The third-order valence-corrected chi connectivity index (χ3v) is 2.31. The minimum atomic E-state index is 0.338. The molecule has 2 N–H and O–H groups in total. The lowest BCUT2D eigenvalue weighted by molar-refractivity contribution is 0.536. The van der Waals surface area contributed by atoms with Crippen LogP contribution < -0.4 is 5.73 Å². The summed E-state index contributed by atoms with van der Waals surface area (Å²) >= 11 is 0. The first-order valence-corrected chi connectivity index (χ1v) is 4.95. The van der Waals surface area contributed by atoms with Gasteiger partial charge in [-0.15, -0.1) is 0 Å². The van der Waals surface area contributed by atoms with Crippen molar-refractivity contribution in [1.82, 2.24) is 14.8 Å². The van der Waals surface area contributed by atoms with Crippen LogP contribution in [0, 0.1) is 0 Å². The fourth-order valence-electron chi connectivity index (χ4n) is 1.52. The Bertz CT molecular complexity index is 421. The Kier molecular flexibility index (Phi) is 2.67. The van der Waals surface area contributed by atoms with Crippen LogP contribution in [0.3, 0.4) is 0 Å². The monoisotopic (exact) mass is 202 g/mol. The largest absolute Gasteiger partial charge is 0.382 e. The molecule has 2 aromatic heterocycles. The van der Waals surface area contributed by atoms with Crippen molar-refractivity contribution in [2.75, 3.05) is 5.73 Å². The molecule has 1 atom stereocenters. The molecular formula is C11H14N4. The van der Waals surface area contributed by atoms with Crippen molar-refractivity contribution in [1.29, 1.82) is 0 Å². The quantitative estimate of drug-likeness (QED) is 0.823. The third-order valence-electron chi connectivity index (χ3n) is 2.31. The summed E-state index contributed by atoms with van der Waals surface area (Å²) in [5, 5.41) is 4.14. The lowest BCUT2D eigenvalue weighted by Gasteiger charge is -2.10. The van der Waals surface area contributed by atoms with E-state index in [4.69, 9.17) is 5.73 Å². The molecule has 0 aromatic carbocycles. The topological polar surface area (TPSA) is 56.7 Å². The molecule has 15 heavy (non-hydrogen) atoms. The molecule has 0 spiro atoms. The van der Waals surface area contributed by atoms with Crippen LogP contribution in [0.1, 0.15) is 18.5 Å². The van der Waals surface area contributed by atoms with Gasteiger partial charge >= 0.3 is 0 Å². The minimum absolute atomic E-state index is 0.338. The van der Waals surface area contributed by atoms with E-state index in [1.165, 1.54) is 0 Å². The summed E-state index contributed by atoms with van der Waals surface area (Å²) < 4.78 is 1.84. The van der Waals surface area contributed by atoms with E-state index in [1.54, 1.807) is 6.07 Å². The van der Waals surface area contributed by atoms with Gasteiger partial charge in [-0.3, -0.25) is 9.67 Å². The highest BCUT2D eigenvalue weighted by atomic mass is 15.3. The number of hydrogen-bond donors (Lipinski definition) is 1. The molecule has 0 radical (unpaired) electrons. The highest BCUT2D eigenvalue weighted by molar-refractivity contribution is 5.23. The SMILES string of the molecule is CC(Cn1ccc(N)n1)c1ccccn1. The van der Waals surface area contributed by atoms with E-state index in [0.29, 0.717) is 11.7 Å². The number of nitrogen functional groups attached to an aromatic ring is 1. The Balaban J connectivity index is 2.07. The minimum Gasteiger partial charge on any atom is -0.382 e. The highest BCUT2D eigenvalue weighted by Gasteiger charge is 2.07. The first kappa shape index (κ1) is 9.71. The molecule has 0 bridgehead atoms. The van der Waals surface area contributed by atoms with Crippen molar-refractivity contribution < 1.29 is 0 Å². The van der Waals surface area contributed by atoms with Crippen molar-refractivity contribution in [2.24, 2.45) is 0 Å². The number of nitrogens with two attached hydrogens (primary N) is 1. The van der Waals surface area contributed by atoms with E-state index in [0.717, 1.165) is 12.2 Å². The van der Waals surface area contributed by atoms with E-state index < -0.39 is 0 Å².